The highest BCUT2D eigenvalue weighted by molar-refractivity contribution is 5.31. The van der Waals surface area contributed by atoms with Crippen LogP contribution in [0.15, 0.2) is 43.0 Å². The maximum absolute atomic E-state index is 9.80. The SMILES string of the molecule is CC(C)NCC(O)COc1ccc(OCCn2ccnc2)cc1. The number of aliphatic hydroxyl groups excluding tert-OH is 1. The first-order valence-electron chi connectivity index (χ1n) is 7.86. The van der Waals surface area contributed by atoms with Crippen molar-refractivity contribution in [3.63, 3.8) is 0 Å². The first-order chi connectivity index (χ1) is 11.1. The molecule has 0 aliphatic carbocycles. The highest BCUT2D eigenvalue weighted by Crippen LogP contribution is 2.17. The second-order valence-electron chi connectivity index (χ2n) is 5.65. The molecule has 23 heavy (non-hydrogen) atoms. The van der Waals surface area contributed by atoms with Gasteiger partial charge in [-0.2, -0.15) is 0 Å². The lowest BCUT2D eigenvalue weighted by Crippen LogP contribution is -2.35. The van der Waals surface area contributed by atoms with Gasteiger partial charge < -0.3 is 24.5 Å². The van der Waals surface area contributed by atoms with E-state index in [-0.39, 0.29) is 6.61 Å². The number of aromatic nitrogens is 2. The molecule has 6 heteroatoms. The lowest BCUT2D eigenvalue weighted by atomic mass is 10.3. The quantitative estimate of drug-likeness (QED) is 0.698. The Morgan fingerprint density at radius 3 is 2.48 bits per heavy atom. The van der Waals surface area contributed by atoms with Crippen molar-refractivity contribution in [3.8, 4) is 11.5 Å². The maximum atomic E-state index is 9.80. The molecule has 1 aromatic heterocycles. The van der Waals surface area contributed by atoms with Crippen LogP contribution in [0.1, 0.15) is 13.8 Å². The summed E-state index contributed by atoms with van der Waals surface area (Å²) in [6.45, 7) is 6.20. The third-order valence-corrected chi connectivity index (χ3v) is 3.21. The van der Waals surface area contributed by atoms with Crippen LogP contribution in [0.5, 0.6) is 11.5 Å². The second kappa shape index (κ2) is 9.17. The Kier molecular flexibility index (Phi) is 6.90. The summed E-state index contributed by atoms with van der Waals surface area (Å²) in [5, 5.41) is 13.0. The van der Waals surface area contributed by atoms with Crippen molar-refractivity contribution < 1.29 is 14.6 Å². The van der Waals surface area contributed by atoms with Gasteiger partial charge in [-0.1, -0.05) is 13.8 Å². The van der Waals surface area contributed by atoms with E-state index < -0.39 is 6.10 Å². The Morgan fingerprint density at radius 2 is 1.87 bits per heavy atom. The number of rotatable bonds is 10. The van der Waals surface area contributed by atoms with Crippen LogP contribution in [0.2, 0.25) is 0 Å². The Hall–Kier alpha value is -2.05. The number of nitrogens with zero attached hydrogens (tertiary/aromatic N) is 2. The molecule has 2 aromatic rings. The highest BCUT2D eigenvalue weighted by Gasteiger charge is 2.06. The van der Waals surface area contributed by atoms with E-state index in [1.54, 1.807) is 12.5 Å². The van der Waals surface area contributed by atoms with Gasteiger partial charge in [0.15, 0.2) is 0 Å². The van der Waals surface area contributed by atoms with Gasteiger partial charge in [0.25, 0.3) is 0 Å². The van der Waals surface area contributed by atoms with Gasteiger partial charge in [0.1, 0.15) is 30.8 Å². The fourth-order valence-corrected chi connectivity index (χ4v) is 1.94. The lowest BCUT2D eigenvalue weighted by Gasteiger charge is -2.15. The van der Waals surface area contributed by atoms with E-state index in [0.717, 1.165) is 18.0 Å². The van der Waals surface area contributed by atoms with E-state index in [0.29, 0.717) is 19.2 Å². The van der Waals surface area contributed by atoms with E-state index in [9.17, 15) is 5.11 Å². The van der Waals surface area contributed by atoms with Crippen molar-refractivity contribution in [1.29, 1.82) is 0 Å². The molecule has 2 rings (SSSR count). The van der Waals surface area contributed by atoms with Crippen molar-refractivity contribution in [3.05, 3.63) is 43.0 Å². The van der Waals surface area contributed by atoms with Crippen LogP contribution >= 0.6 is 0 Å². The molecule has 0 radical (unpaired) electrons. The molecule has 1 aromatic carbocycles. The fourth-order valence-electron chi connectivity index (χ4n) is 1.94. The fraction of sp³-hybridized carbons (Fsp3) is 0.471. The number of hydrogen-bond acceptors (Lipinski definition) is 5. The number of imidazole rings is 1. The summed E-state index contributed by atoms with van der Waals surface area (Å²) in [6.07, 6.45) is 4.89. The first-order valence-corrected chi connectivity index (χ1v) is 7.86. The van der Waals surface area contributed by atoms with Crippen LogP contribution in [0.3, 0.4) is 0 Å². The minimum Gasteiger partial charge on any atom is -0.492 e. The first kappa shape index (κ1) is 17.3. The van der Waals surface area contributed by atoms with Crippen LogP contribution in [0.25, 0.3) is 0 Å². The van der Waals surface area contributed by atoms with Crippen LogP contribution < -0.4 is 14.8 Å². The van der Waals surface area contributed by atoms with Gasteiger partial charge in [0, 0.05) is 25.0 Å². The monoisotopic (exact) mass is 319 g/mol. The lowest BCUT2D eigenvalue weighted by molar-refractivity contribution is 0.104. The highest BCUT2D eigenvalue weighted by atomic mass is 16.5. The van der Waals surface area contributed by atoms with E-state index in [4.69, 9.17) is 9.47 Å². The summed E-state index contributed by atoms with van der Waals surface area (Å²) < 4.78 is 13.2. The number of ether oxygens (including phenoxy) is 2. The molecule has 2 N–H and O–H groups in total. The predicted octanol–water partition coefficient (Wildman–Crippen LogP) is 1.70. The molecular formula is C17H25N3O3. The average molecular weight is 319 g/mol. The Balaban J connectivity index is 1.67. The van der Waals surface area contributed by atoms with Gasteiger partial charge in [0.05, 0.1) is 12.9 Å². The van der Waals surface area contributed by atoms with Crippen LogP contribution in [-0.2, 0) is 6.54 Å². The number of hydrogen-bond donors (Lipinski definition) is 2. The van der Waals surface area contributed by atoms with Gasteiger partial charge in [-0.15, -0.1) is 0 Å². The van der Waals surface area contributed by atoms with Crippen molar-refractivity contribution in [2.45, 2.75) is 32.5 Å². The molecule has 0 aliphatic rings. The van der Waals surface area contributed by atoms with Gasteiger partial charge in [-0.05, 0) is 24.3 Å². The summed E-state index contributed by atoms with van der Waals surface area (Å²) in [5.41, 5.74) is 0. The van der Waals surface area contributed by atoms with E-state index >= 15 is 0 Å². The molecule has 1 atom stereocenters. The Labute approximate surface area is 137 Å². The molecule has 0 amide bonds. The zero-order chi connectivity index (χ0) is 16.5. The molecular weight excluding hydrogens is 294 g/mol. The van der Waals surface area contributed by atoms with Crippen LogP contribution in [-0.4, -0.2) is 46.6 Å². The summed E-state index contributed by atoms with van der Waals surface area (Å²) in [4.78, 5) is 3.98. The Bertz CT molecular complexity index is 541. The third kappa shape index (κ3) is 6.71. The topological polar surface area (TPSA) is 68.5 Å². The minimum absolute atomic E-state index is 0.264. The summed E-state index contributed by atoms with van der Waals surface area (Å²) in [6, 6.07) is 7.76. The molecule has 1 heterocycles. The maximum Gasteiger partial charge on any atom is 0.119 e. The molecule has 6 nitrogen and oxygen atoms in total. The zero-order valence-corrected chi connectivity index (χ0v) is 13.7. The number of aliphatic hydroxyl groups is 1. The molecule has 0 saturated carbocycles. The van der Waals surface area contributed by atoms with Crippen molar-refractivity contribution in [2.75, 3.05) is 19.8 Å². The average Bonchev–Trinajstić information content (AvgIpc) is 3.05. The molecule has 0 aliphatic heterocycles. The molecule has 0 bridgehead atoms. The van der Waals surface area contributed by atoms with Crippen LogP contribution in [0.4, 0.5) is 0 Å². The van der Waals surface area contributed by atoms with Crippen molar-refractivity contribution >= 4 is 0 Å². The van der Waals surface area contributed by atoms with Gasteiger partial charge in [-0.25, -0.2) is 4.98 Å². The minimum atomic E-state index is -0.525. The molecule has 1 unspecified atom stereocenters. The normalized spacial score (nSPS) is 12.3. The summed E-state index contributed by atoms with van der Waals surface area (Å²) in [5.74, 6) is 1.51. The second-order valence-corrected chi connectivity index (χ2v) is 5.65. The van der Waals surface area contributed by atoms with E-state index in [2.05, 4.69) is 10.3 Å². The van der Waals surface area contributed by atoms with Gasteiger partial charge >= 0.3 is 0 Å². The largest absolute Gasteiger partial charge is 0.492 e. The molecule has 0 fully saturated rings. The van der Waals surface area contributed by atoms with Crippen LogP contribution in [0, 0.1) is 0 Å². The van der Waals surface area contributed by atoms with E-state index in [1.165, 1.54) is 0 Å². The number of nitrogens with one attached hydrogen (secondary N) is 1. The molecule has 126 valence electrons. The Morgan fingerprint density at radius 1 is 1.17 bits per heavy atom. The van der Waals surface area contributed by atoms with Gasteiger partial charge in [0.2, 0.25) is 0 Å². The number of benzene rings is 1. The summed E-state index contributed by atoms with van der Waals surface area (Å²) >= 11 is 0. The van der Waals surface area contributed by atoms with Crippen molar-refractivity contribution in [2.24, 2.45) is 0 Å². The zero-order valence-electron chi connectivity index (χ0n) is 13.7. The van der Waals surface area contributed by atoms with Gasteiger partial charge in [-0.3, -0.25) is 0 Å². The standard InChI is InChI=1S/C17H25N3O3/c1-14(2)19-11-15(21)12-23-17-5-3-16(4-6-17)22-10-9-20-8-7-18-13-20/h3-8,13-15,19,21H,9-12H2,1-2H3. The smallest absolute Gasteiger partial charge is 0.119 e. The molecule has 0 saturated heterocycles. The predicted molar refractivity (Wildman–Crippen MR) is 88.8 cm³/mol. The van der Waals surface area contributed by atoms with E-state index in [1.807, 2.05) is 48.9 Å². The molecule has 0 spiro atoms. The van der Waals surface area contributed by atoms with Crippen molar-refractivity contribution in [1.82, 2.24) is 14.9 Å². The third-order valence-electron chi connectivity index (χ3n) is 3.21. The summed E-state index contributed by atoms with van der Waals surface area (Å²) in [7, 11) is 0.